The summed E-state index contributed by atoms with van der Waals surface area (Å²) in [7, 11) is 0. The molecule has 2 aliphatic rings. The molecule has 0 bridgehead atoms. The Balaban J connectivity index is 1.58. The van der Waals surface area contributed by atoms with E-state index in [1.54, 1.807) is 6.20 Å². The van der Waals surface area contributed by atoms with Crippen molar-refractivity contribution >= 4 is 5.97 Å². The number of H-pyrrole nitrogens is 1. The number of aromatic nitrogens is 4. The number of hydrogen-bond acceptors (Lipinski definition) is 5. The highest BCUT2D eigenvalue weighted by molar-refractivity contribution is 5.89. The summed E-state index contributed by atoms with van der Waals surface area (Å²) < 4.78 is 7.28. The number of hydrogen-bond donors (Lipinski definition) is 1. The summed E-state index contributed by atoms with van der Waals surface area (Å²) in [5, 5.41) is 11.6. The van der Waals surface area contributed by atoms with Crippen molar-refractivity contribution in [3.63, 3.8) is 0 Å². The van der Waals surface area contributed by atoms with E-state index in [-0.39, 0.29) is 5.97 Å². The highest BCUT2D eigenvalue weighted by atomic mass is 16.5. The number of carbonyl (C=O) groups is 1. The molecule has 1 saturated carbocycles. The summed E-state index contributed by atoms with van der Waals surface area (Å²) in [5.74, 6) is 0.429. The highest BCUT2D eigenvalue weighted by Crippen LogP contribution is 2.33. The van der Waals surface area contributed by atoms with E-state index in [1.807, 2.05) is 13.0 Å². The molecule has 1 aliphatic heterocycles. The minimum Gasteiger partial charge on any atom is -0.461 e. The van der Waals surface area contributed by atoms with Crippen molar-refractivity contribution in [3.05, 3.63) is 34.9 Å². The Kier molecular flexibility index (Phi) is 4.10. The van der Waals surface area contributed by atoms with Gasteiger partial charge in [0.25, 0.3) is 0 Å². The molecule has 2 aromatic rings. The molecule has 1 fully saturated rings. The van der Waals surface area contributed by atoms with Gasteiger partial charge in [0.15, 0.2) is 5.69 Å². The molecule has 4 rings (SSSR count). The van der Waals surface area contributed by atoms with Gasteiger partial charge in [-0.1, -0.05) is 0 Å². The lowest BCUT2D eigenvalue weighted by Crippen LogP contribution is -2.31. The molecular formula is C17H23N5O2. The van der Waals surface area contributed by atoms with E-state index >= 15 is 0 Å². The van der Waals surface area contributed by atoms with Crippen molar-refractivity contribution in [3.8, 4) is 0 Å². The van der Waals surface area contributed by atoms with Crippen molar-refractivity contribution in [1.29, 1.82) is 0 Å². The van der Waals surface area contributed by atoms with Gasteiger partial charge in [0.2, 0.25) is 0 Å². The smallest absolute Gasteiger partial charge is 0.359 e. The fourth-order valence-corrected chi connectivity index (χ4v) is 3.35. The second kappa shape index (κ2) is 6.39. The summed E-state index contributed by atoms with van der Waals surface area (Å²) in [4.78, 5) is 14.6. The molecule has 3 heterocycles. The standard InChI is InChI=1S/C17H23N5O2/c1-2-24-17(23)16-14-11-21(10-13-5-7-18-19-13)8-6-15(14)22(20-16)9-12-3-4-12/h5,7,12H,2-4,6,8-11H2,1H3,(H,18,19). The van der Waals surface area contributed by atoms with Gasteiger partial charge in [0.05, 0.1) is 6.61 Å². The van der Waals surface area contributed by atoms with Gasteiger partial charge < -0.3 is 4.74 Å². The van der Waals surface area contributed by atoms with Gasteiger partial charge in [-0.2, -0.15) is 10.2 Å². The zero-order valence-electron chi connectivity index (χ0n) is 14.0. The quantitative estimate of drug-likeness (QED) is 0.817. The van der Waals surface area contributed by atoms with Crippen LogP contribution in [0.15, 0.2) is 12.3 Å². The maximum atomic E-state index is 12.3. The maximum absolute atomic E-state index is 12.3. The average Bonchev–Trinajstić information content (AvgIpc) is 3.11. The lowest BCUT2D eigenvalue weighted by atomic mass is 10.0. The third-order valence-corrected chi connectivity index (χ3v) is 4.76. The van der Waals surface area contributed by atoms with Crippen LogP contribution in [0, 0.1) is 5.92 Å². The van der Waals surface area contributed by atoms with E-state index in [4.69, 9.17) is 4.74 Å². The van der Waals surface area contributed by atoms with Crippen LogP contribution < -0.4 is 0 Å². The molecular weight excluding hydrogens is 306 g/mol. The predicted octanol–water partition coefficient (Wildman–Crippen LogP) is 1.75. The molecule has 7 heteroatoms. The van der Waals surface area contributed by atoms with Crippen LogP contribution in [0.4, 0.5) is 0 Å². The van der Waals surface area contributed by atoms with E-state index in [0.29, 0.717) is 12.3 Å². The number of nitrogens with zero attached hydrogens (tertiary/aromatic N) is 4. The first-order valence-electron chi connectivity index (χ1n) is 8.71. The topological polar surface area (TPSA) is 76.0 Å². The summed E-state index contributed by atoms with van der Waals surface area (Å²) in [6.45, 7) is 5.63. The van der Waals surface area contributed by atoms with Crippen LogP contribution in [-0.4, -0.2) is 44.0 Å². The van der Waals surface area contributed by atoms with Crippen molar-refractivity contribution < 1.29 is 9.53 Å². The predicted molar refractivity (Wildman–Crippen MR) is 87.3 cm³/mol. The molecule has 24 heavy (non-hydrogen) atoms. The number of ether oxygens (including phenoxy) is 1. The first-order valence-corrected chi connectivity index (χ1v) is 8.71. The van der Waals surface area contributed by atoms with E-state index in [1.165, 1.54) is 18.5 Å². The Morgan fingerprint density at radius 1 is 1.46 bits per heavy atom. The van der Waals surface area contributed by atoms with Crippen LogP contribution in [0.1, 0.15) is 47.2 Å². The van der Waals surface area contributed by atoms with Crippen LogP contribution in [0.25, 0.3) is 0 Å². The summed E-state index contributed by atoms with van der Waals surface area (Å²) in [6.07, 6.45) is 5.23. The molecule has 128 valence electrons. The lowest BCUT2D eigenvalue weighted by molar-refractivity contribution is 0.0515. The molecule has 0 radical (unpaired) electrons. The lowest BCUT2D eigenvalue weighted by Gasteiger charge is -2.27. The molecule has 0 saturated heterocycles. The monoisotopic (exact) mass is 329 g/mol. The molecule has 0 spiro atoms. The number of fused-ring (bicyclic) bond motifs is 1. The second-order valence-electron chi connectivity index (χ2n) is 6.66. The van der Waals surface area contributed by atoms with Gasteiger partial charge in [-0.05, 0) is 31.7 Å². The van der Waals surface area contributed by atoms with Crippen LogP contribution >= 0.6 is 0 Å². The first kappa shape index (κ1) is 15.4. The minimum atomic E-state index is -0.299. The fourth-order valence-electron chi connectivity index (χ4n) is 3.35. The van der Waals surface area contributed by atoms with Gasteiger partial charge in [0, 0.05) is 55.7 Å². The second-order valence-corrected chi connectivity index (χ2v) is 6.66. The van der Waals surface area contributed by atoms with Crippen molar-refractivity contribution in [2.75, 3.05) is 13.2 Å². The molecule has 0 unspecified atom stereocenters. The van der Waals surface area contributed by atoms with Gasteiger partial charge in [-0.25, -0.2) is 4.79 Å². The van der Waals surface area contributed by atoms with E-state index in [0.717, 1.165) is 49.8 Å². The van der Waals surface area contributed by atoms with Gasteiger partial charge >= 0.3 is 5.97 Å². The molecule has 1 aliphatic carbocycles. The van der Waals surface area contributed by atoms with Crippen molar-refractivity contribution in [2.45, 2.75) is 45.8 Å². The van der Waals surface area contributed by atoms with E-state index in [9.17, 15) is 4.79 Å². The highest BCUT2D eigenvalue weighted by Gasteiger charge is 2.31. The van der Waals surface area contributed by atoms with Crippen LogP contribution in [-0.2, 0) is 30.8 Å². The van der Waals surface area contributed by atoms with Crippen LogP contribution in [0.5, 0.6) is 0 Å². The number of esters is 1. The zero-order chi connectivity index (χ0) is 16.5. The normalized spacial score (nSPS) is 17.7. The number of rotatable bonds is 6. The molecule has 1 N–H and O–H groups in total. The third-order valence-electron chi connectivity index (χ3n) is 4.76. The van der Waals surface area contributed by atoms with Crippen LogP contribution in [0.2, 0.25) is 0 Å². The van der Waals surface area contributed by atoms with E-state index in [2.05, 4.69) is 24.9 Å². The van der Waals surface area contributed by atoms with Crippen molar-refractivity contribution in [1.82, 2.24) is 24.9 Å². The summed E-state index contributed by atoms with van der Waals surface area (Å²) in [6, 6.07) is 1.98. The van der Waals surface area contributed by atoms with Gasteiger partial charge in [-0.15, -0.1) is 0 Å². The van der Waals surface area contributed by atoms with Gasteiger partial charge in [-0.3, -0.25) is 14.7 Å². The Hall–Kier alpha value is -2.15. The largest absolute Gasteiger partial charge is 0.461 e. The molecule has 0 atom stereocenters. The maximum Gasteiger partial charge on any atom is 0.359 e. The van der Waals surface area contributed by atoms with Crippen LogP contribution in [0.3, 0.4) is 0 Å². The molecule has 0 amide bonds. The number of aromatic amines is 1. The zero-order valence-corrected chi connectivity index (χ0v) is 14.0. The first-order chi connectivity index (χ1) is 11.7. The fraction of sp³-hybridized carbons (Fsp3) is 0.588. The number of carbonyl (C=O) groups excluding carboxylic acids is 1. The summed E-state index contributed by atoms with van der Waals surface area (Å²) >= 11 is 0. The average molecular weight is 329 g/mol. The molecule has 2 aromatic heterocycles. The Bertz CT molecular complexity index is 718. The Labute approximate surface area is 141 Å². The third kappa shape index (κ3) is 3.08. The summed E-state index contributed by atoms with van der Waals surface area (Å²) in [5.41, 5.74) is 3.84. The SMILES string of the molecule is CCOC(=O)c1nn(CC2CC2)c2c1CN(Cc1ccn[nH]1)CC2. The van der Waals surface area contributed by atoms with Gasteiger partial charge in [0.1, 0.15) is 0 Å². The molecule has 7 nitrogen and oxygen atoms in total. The Morgan fingerprint density at radius 2 is 2.33 bits per heavy atom. The minimum absolute atomic E-state index is 0.299. The Morgan fingerprint density at radius 3 is 3.04 bits per heavy atom. The van der Waals surface area contributed by atoms with E-state index < -0.39 is 0 Å². The molecule has 0 aromatic carbocycles. The number of nitrogens with one attached hydrogen (secondary N) is 1. The van der Waals surface area contributed by atoms with Crippen molar-refractivity contribution in [2.24, 2.45) is 5.92 Å².